The van der Waals surface area contributed by atoms with E-state index in [9.17, 15) is 28.3 Å². The number of pyridine rings is 1. The number of hydrogen-bond donors (Lipinski definition) is 2. The van der Waals surface area contributed by atoms with E-state index in [4.69, 9.17) is 21.1 Å². The number of aromatic nitrogens is 2. The van der Waals surface area contributed by atoms with Gasteiger partial charge in [-0.15, -0.1) is 11.3 Å². The third-order valence-corrected chi connectivity index (χ3v) is 11.8. The van der Waals surface area contributed by atoms with Gasteiger partial charge in [0.05, 0.1) is 42.1 Å². The molecule has 55 heavy (non-hydrogen) atoms. The Hall–Kier alpha value is -5.12. The molecular weight excluding hydrogens is 754 g/mol. The summed E-state index contributed by atoms with van der Waals surface area (Å²) in [6, 6.07) is 6.58. The molecule has 0 spiro atoms. The van der Waals surface area contributed by atoms with Gasteiger partial charge in [-0.05, 0) is 74.7 Å². The predicted molar refractivity (Wildman–Crippen MR) is 203 cm³/mol. The van der Waals surface area contributed by atoms with E-state index in [0.29, 0.717) is 60.9 Å². The van der Waals surface area contributed by atoms with Gasteiger partial charge in [0.25, 0.3) is 0 Å². The van der Waals surface area contributed by atoms with Crippen molar-refractivity contribution in [3.05, 3.63) is 104 Å². The second-order valence-electron chi connectivity index (χ2n) is 14.3. The number of fused-ring (bicyclic) bond motifs is 1. The van der Waals surface area contributed by atoms with Crippen LogP contribution in [0.25, 0.3) is 5.70 Å². The lowest BCUT2D eigenvalue weighted by Crippen LogP contribution is -2.54. The van der Waals surface area contributed by atoms with Gasteiger partial charge < -0.3 is 24.8 Å². The fraction of sp³-hybridized carbons (Fsp3) is 0.359. The zero-order chi connectivity index (χ0) is 39.2. The van der Waals surface area contributed by atoms with Crippen molar-refractivity contribution in [2.24, 2.45) is 5.92 Å². The van der Waals surface area contributed by atoms with Gasteiger partial charge in [-0.25, -0.2) is 28.3 Å². The number of carbonyl (C=O) groups excluding carboxylic acids is 2. The number of carbonyl (C=O) groups is 3. The Morgan fingerprint density at radius 3 is 2.60 bits per heavy atom. The standard InChI is InChI=1S/C39H39ClF2N6O6S/c1-21-31-20-46(19-30-34(36(49)53-4)26(25-8-6-23(41)16-27(25)40)17-29(45-30)35-43-11-14-55-35)12-13-47(31)38(52)48(21)33-10-7-24(18-44-33)54-32-9-5-22(15-28(32)42)39(2,3)37(50)51/h5,7,9-11,14-18,21,26,31,45H,6,8,12-13,19-20H2,1-4H3,(H,50,51)/t21-,26+,31+/m1/s1. The highest BCUT2D eigenvalue weighted by atomic mass is 35.5. The van der Waals surface area contributed by atoms with Gasteiger partial charge in [0.2, 0.25) is 0 Å². The number of nitrogens with one attached hydrogen (secondary N) is 1. The largest absolute Gasteiger partial charge is 0.481 e. The summed E-state index contributed by atoms with van der Waals surface area (Å²) < 4.78 is 40.1. The number of thiazole rings is 1. The number of halogens is 3. The summed E-state index contributed by atoms with van der Waals surface area (Å²) in [4.78, 5) is 53.5. The number of esters is 1. The summed E-state index contributed by atoms with van der Waals surface area (Å²) in [6.45, 7) is 6.72. The second kappa shape index (κ2) is 15.2. The van der Waals surface area contributed by atoms with Crippen molar-refractivity contribution in [1.82, 2.24) is 25.1 Å². The first-order valence-electron chi connectivity index (χ1n) is 17.7. The van der Waals surface area contributed by atoms with Crippen molar-refractivity contribution in [3.8, 4) is 11.5 Å². The van der Waals surface area contributed by atoms with Crippen LogP contribution in [0.1, 0.15) is 44.2 Å². The molecule has 288 valence electrons. The minimum Gasteiger partial charge on any atom is -0.481 e. The number of allylic oxidation sites excluding steroid dienone is 5. The zero-order valence-corrected chi connectivity index (χ0v) is 32.1. The molecule has 2 aromatic heterocycles. The Morgan fingerprint density at radius 2 is 1.95 bits per heavy atom. The van der Waals surface area contributed by atoms with Gasteiger partial charge in [-0.1, -0.05) is 17.7 Å². The van der Waals surface area contributed by atoms with E-state index in [-0.39, 0.29) is 46.9 Å². The van der Waals surface area contributed by atoms with Gasteiger partial charge in [0.1, 0.15) is 22.4 Å². The SMILES string of the molecule is COC(=O)C1=C(CN2CCN3C(=O)N(c4ccc(Oc5ccc(C(C)(C)C(=O)O)cc5F)cn4)[C@H](C)[C@@H]3C2)NC(c2nccs2)=C[C@H]1C1=C(Cl)C=C(F)CC1. The third-order valence-electron chi connectivity index (χ3n) is 10.6. The highest BCUT2D eigenvalue weighted by Crippen LogP contribution is 2.41. The molecule has 12 nitrogen and oxygen atoms in total. The summed E-state index contributed by atoms with van der Waals surface area (Å²) in [5, 5.41) is 15.8. The van der Waals surface area contributed by atoms with Gasteiger partial charge in [-0.2, -0.15) is 0 Å². The average Bonchev–Trinajstić information content (AvgIpc) is 3.79. The summed E-state index contributed by atoms with van der Waals surface area (Å²) >= 11 is 8.04. The molecule has 2 saturated heterocycles. The van der Waals surface area contributed by atoms with E-state index >= 15 is 0 Å². The van der Waals surface area contributed by atoms with Crippen molar-refractivity contribution in [3.63, 3.8) is 0 Å². The quantitative estimate of drug-likeness (QED) is 0.207. The smallest absolute Gasteiger partial charge is 0.336 e. The normalized spacial score (nSPS) is 21.9. The number of benzene rings is 1. The van der Waals surface area contributed by atoms with Crippen LogP contribution < -0.4 is 15.0 Å². The molecule has 2 fully saturated rings. The maximum absolute atomic E-state index is 14.9. The number of nitrogens with zero attached hydrogens (tertiary/aromatic N) is 5. The van der Waals surface area contributed by atoms with E-state index in [1.165, 1.54) is 56.7 Å². The fourth-order valence-electron chi connectivity index (χ4n) is 7.41. The fourth-order valence-corrected chi connectivity index (χ4v) is 8.36. The molecule has 3 aromatic rings. The summed E-state index contributed by atoms with van der Waals surface area (Å²) in [5.74, 6) is -2.66. The lowest BCUT2D eigenvalue weighted by atomic mass is 9.82. The van der Waals surface area contributed by atoms with Crippen LogP contribution in [0.4, 0.5) is 19.4 Å². The molecule has 1 aliphatic carbocycles. The number of amides is 2. The van der Waals surface area contributed by atoms with Crippen molar-refractivity contribution in [2.75, 3.05) is 38.2 Å². The number of aliphatic carboxylic acids is 1. The minimum absolute atomic E-state index is 0.0925. The highest BCUT2D eigenvalue weighted by Gasteiger charge is 2.47. The number of dihydropyridines is 1. The first-order chi connectivity index (χ1) is 26.3. The third kappa shape index (κ3) is 7.35. The van der Waals surface area contributed by atoms with Crippen molar-refractivity contribution in [1.29, 1.82) is 0 Å². The van der Waals surface area contributed by atoms with Crippen LogP contribution in [-0.4, -0.2) is 88.2 Å². The van der Waals surface area contributed by atoms with Gasteiger partial charge >= 0.3 is 18.0 Å². The Morgan fingerprint density at radius 1 is 1.15 bits per heavy atom. The molecule has 0 saturated carbocycles. The first kappa shape index (κ1) is 38.2. The predicted octanol–water partition coefficient (Wildman–Crippen LogP) is 6.97. The number of piperazine rings is 1. The molecule has 4 aliphatic rings. The van der Waals surface area contributed by atoms with E-state index in [0.717, 1.165) is 16.6 Å². The molecule has 3 atom stereocenters. The van der Waals surface area contributed by atoms with Gasteiger partial charge in [0, 0.05) is 60.8 Å². The Bertz CT molecular complexity index is 2150. The number of urea groups is 1. The first-order valence-corrected chi connectivity index (χ1v) is 19.0. The Balaban J connectivity index is 1.09. The topological polar surface area (TPSA) is 137 Å². The Kier molecular flexibility index (Phi) is 10.5. The van der Waals surface area contributed by atoms with Crippen LogP contribution in [0.2, 0.25) is 0 Å². The van der Waals surface area contributed by atoms with Crippen LogP contribution in [0.3, 0.4) is 0 Å². The lowest BCUT2D eigenvalue weighted by molar-refractivity contribution is -0.142. The van der Waals surface area contributed by atoms with Crippen LogP contribution in [0.15, 0.2) is 88.0 Å². The zero-order valence-electron chi connectivity index (χ0n) is 30.5. The molecule has 0 bridgehead atoms. The number of hydrogen-bond acceptors (Lipinski definition) is 10. The van der Waals surface area contributed by atoms with Crippen LogP contribution in [0, 0.1) is 11.7 Å². The monoisotopic (exact) mass is 792 g/mol. The molecule has 3 aliphatic heterocycles. The van der Waals surface area contributed by atoms with E-state index < -0.39 is 29.1 Å². The van der Waals surface area contributed by atoms with E-state index in [1.807, 2.05) is 23.3 Å². The number of methoxy groups -OCH3 is 1. The number of ether oxygens (including phenoxy) is 2. The van der Waals surface area contributed by atoms with Crippen LogP contribution in [0.5, 0.6) is 11.5 Å². The summed E-state index contributed by atoms with van der Waals surface area (Å²) in [7, 11) is 1.33. The minimum atomic E-state index is -1.28. The Labute approximate surface area is 325 Å². The molecule has 5 heterocycles. The summed E-state index contributed by atoms with van der Waals surface area (Å²) in [5.41, 5.74) is 1.45. The number of carboxylic acids is 1. The molecule has 16 heteroatoms. The molecule has 2 N–H and O–H groups in total. The number of rotatable bonds is 10. The van der Waals surface area contributed by atoms with E-state index in [2.05, 4.69) is 20.2 Å². The maximum Gasteiger partial charge on any atom is 0.336 e. The van der Waals surface area contributed by atoms with Crippen LogP contribution >= 0.6 is 22.9 Å². The molecule has 2 amide bonds. The van der Waals surface area contributed by atoms with Crippen molar-refractivity contribution in [2.45, 2.75) is 51.1 Å². The van der Waals surface area contributed by atoms with E-state index in [1.54, 1.807) is 23.2 Å². The number of anilines is 1. The van der Waals surface area contributed by atoms with Crippen molar-refractivity contribution < 1.29 is 37.7 Å². The number of carboxylic acid groups (broad SMARTS) is 1. The average molecular weight is 793 g/mol. The maximum atomic E-state index is 14.9. The van der Waals surface area contributed by atoms with Crippen molar-refractivity contribution >= 4 is 52.4 Å². The molecule has 0 radical (unpaired) electrons. The molecular formula is C39H39ClF2N6O6S. The molecule has 7 rings (SSSR count). The van der Waals surface area contributed by atoms with Crippen LogP contribution in [-0.2, 0) is 19.7 Å². The van der Waals surface area contributed by atoms with Gasteiger partial charge in [0.15, 0.2) is 11.6 Å². The second-order valence-corrected chi connectivity index (χ2v) is 15.6. The highest BCUT2D eigenvalue weighted by molar-refractivity contribution is 7.10. The molecule has 1 aromatic carbocycles. The molecule has 0 unspecified atom stereocenters. The summed E-state index contributed by atoms with van der Waals surface area (Å²) in [6.07, 6.45) is 6.83. The van der Waals surface area contributed by atoms with Gasteiger partial charge in [-0.3, -0.25) is 14.6 Å². The lowest BCUT2D eigenvalue weighted by Gasteiger charge is -2.39.